The normalized spacial score (nSPS) is 12.9. The zero-order chi connectivity index (χ0) is 41.5. The van der Waals surface area contributed by atoms with Crippen molar-refractivity contribution in [2.24, 2.45) is 0 Å². The minimum atomic E-state index is -0.482. The van der Waals surface area contributed by atoms with Crippen LogP contribution in [-0.4, -0.2) is 9.13 Å². The number of aromatic nitrogens is 2. The molecule has 0 N–H and O–H groups in total. The SMILES string of the molecule is c1ccc(-c2ccc(-n3c4ccccc4c4cc(-c5ccc6c(c5)c5ccc7c(c5n6-c5ccccc5)-c5ccccc5C7(c5ccccc5)c5ccccc5)ccc43)cc2)cc1. The topological polar surface area (TPSA) is 9.86 Å². The Morgan fingerprint density at radius 2 is 0.778 bits per heavy atom. The van der Waals surface area contributed by atoms with E-state index >= 15 is 0 Å². The highest BCUT2D eigenvalue weighted by molar-refractivity contribution is 6.17. The van der Waals surface area contributed by atoms with Gasteiger partial charge in [0.15, 0.2) is 0 Å². The van der Waals surface area contributed by atoms with Crippen LogP contribution < -0.4 is 0 Å². The summed E-state index contributed by atoms with van der Waals surface area (Å²) in [5.41, 5.74) is 19.2. The summed E-state index contributed by atoms with van der Waals surface area (Å²) in [5.74, 6) is 0. The van der Waals surface area contributed by atoms with E-state index in [0.717, 1.165) is 11.4 Å². The van der Waals surface area contributed by atoms with Gasteiger partial charge in [0.25, 0.3) is 0 Å². The molecule has 1 aliphatic rings. The smallest absolute Gasteiger partial charge is 0.0714 e. The van der Waals surface area contributed by atoms with Gasteiger partial charge in [-0.3, -0.25) is 0 Å². The van der Waals surface area contributed by atoms with Gasteiger partial charge in [0, 0.05) is 38.5 Å². The Labute approximate surface area is 366 Å². The molecule has 1 aliphatic carbocycles. The van der Waals surface area contributed by atoms with Gasteiger partial charge in [-0.25, -0.2) is 0 Å². The van der Waals surface area contributed by atoms with Crippen LogP contribution in [0.2, 0.25) is 0 Å². The second kappa shape index (κ2) is 13.9. The third kappa shape index (κ3) is 5.19. The fraction of sp³-hybridized carbons (Fsp3) is 0.0164. The van der Waals surface area contributed by atoms with Gasteiger partial charge in [0.1, 0.15) is 0 Å². The van der Waals surface area contributed by atoms with Crippen molar-refractivity contribution in [1.82, 2.24) is 9.13 Å². The van der Waals surface area contributed by atoms with E-state index in [2.05, 4.69) is 252 Å². The molecule has 0 radical (unpaired) electrons. The predicted molar refractivity (Wildman–Crippen MR) is 263 cm³/mol. The van der Waals surface area contributed by atoms with Crippen LogP contribution in [0.4, 0.5) is 0 Å². The lowest BCUT2D eigenvalue weighted by atomic mass is 9.67. The summed E-state index contributed by atoms with van der Waals surface area (Å²) < 4.78 is 4.92. The lowest BCUT2D eigenvalue weighted by Crippen LogP contribution is -2.28. The first-order valence-corrected chi connectivity index (χ1v) is 21.8. The Hall–Kier alpha value is -8.20. The number of fused-ring (bicyclic) bond motifs is 10. The van der Waals surface area contributed by atoms with Crippen LogP contribution in [-0.2, 0) is 5.41 Å². The van der Waals surface area contributed by atoms with Crippen molar-refractivity contribution in [1.29, 1.82) is 0 Å². The Morgan fingerprint density at radius 1 is 0.286 bits per heavy atom. The Kier molecular flexibility index (Phi) is 7.85. The molecule has 0 bridgehead atoms. The number of nitrogens with zero attached hydrogens (tertiary/aromatic N) is 2. The number of benzene rings is 10. The van der Waals surface area contributed by atoms with Gasteiger partial charge in [-0.15, -0.1) is 0 Å². The molecule has 13 rings (SSSR count). The molecule has 2 aromatic heterocycles. The molecule has 10 aromatic carbocycles. The molecule has 2 heterocycles. The fourth-order valence-electron chi connectivity index (χ4n) is 10.9. The van der Waals surface area contributed by atoms with Crippen molar-refractivity contribution in [2.45, 2.75) is 5.41 Å². The number of hydrogen-bond acceptors (Lipinski definition) is 0. The molecule has 63 heavy (non-hydrogen) atoms. The Morgan fingerprint density at radius 3 is 1.46 bits per heavy atom. The minimum Gasteiger partial charge on any atom is -0.309 e. The zero-order valence-corrected chi connectivity index (χ0v) is 34.5. The molecule has 0 unspecified atom stereocenters. The first-order chi connectivity index (χ1) is 31.3. The average Bonchev–Trinajstić information content (AvgIpc) is 3.99. The summed E-state index contributed by atoms with van der Waals surface area (Å²) in [6, 6.07) is 89.4. The molecule has 0 spiro atoms. The molecule has 294 valence electrons. The minimum absolute atomic E-state index is 0.482. The summed E-state index contributed by atoms with van der Waals surface area (Å²) in [6.45, 7) is 0. The predicted octanol–water partition coefficient (Wildman–Crippen LogP) is 15.6. The number of rotatable bonds is 6. The molecule has 0 saturated carbocycles. The summed E-state index contributed by atoms with van der Waals surface area (Å²) in [4.78, 5) is 0. The first-order valence-electron chi connectivity index (χ1n) is 21.8. The van der Waals surface area contributed by atoms with Crippen LogP contribution in [0.25, 0.3) is 88.4 Å². The summed E-state index contributed by atoms with van der Waals surface area (Å²) in [5, 5.41) is 4.98. The van der Waals surface area contributed by atoms with Gasteiger partial charge in [-0.05, 0) is 105 Å². The highest BCUT2D eigenvalue weighted by Crippen LogP contribution is 2.58. The molecule has 0 saturated heterocycles. The molecule has 0 amide bonds. The molecule has 2 heteroatoms. The van der Waals surface area contributed by atoms with E-state index in [-0.39, 0.29) is 0 Å². The van der Waals surface area contributed by atoms with Crippen LogP contribution in [0.5, 0.6) is 0 Å². The summed E-state index contributed by atoms with van der Waals surface area (Å²) in [7, 11) is 0. The molecule has 0 atom stereocenters. The highest BCUT2D eigenvalue weighted by atomic mass is 15.0. The van der Waals surface area contributed by atoms with Crippen LogP contribution in [0.1, 0.15) is 22.3 Å². The van der Waals surface area contributed by atoms with E-state index in [1.807, 2.05) is 0 Å². The van der Waals surface area contributed by atoms with Crippen molar-refractivity contribution in [3.8, 4) is 44.8 Å². The van der Waals surface area contributed by atoms with E-state index in [4.69, 9.17) is 0 Å². The Balaban J connectivity index is 1.03. The van der Waals surface area contributed by atoms with Gasteiger partial charge in [0.2, 0.25) is 0 Å². The van der Waals surface area contributed by atoms with Crippen LogP contribution in [0, 0.1) is 0 Å². The lowest BCUT2D eigenvalue weighted by Gasteiger charge is -2.33. The summed E-state index contributed by atoms with van der Waals surface area (Å²) in [6.07, 6.45) is 0. The highest BCUT2D eigenvalue weighted by Gasteiger charge is 2.47. The van der Waals surface area contributed by atoms with Crippen molar-refractivity contribution in [3.05, 3.63) is 265 Å². The fourth-order valence-corrected chi connectivity index (χ4v) is 10.9. The van der Waals surface area contributed by atoms with Crippen LogP contribution >= 0.6 is 0 Å². The van der Waals surface area contributed by atoms with Crippen LogP contribution in [0.15, 0.2) is 243 Å². The van der Waals surface area contributed by atoms with Crippen molar-refractivity contribution >= 4 is 43.6 Å². The van der Waals surface area contributed by atoms with E-state index < -0.39 is 5.41 Å². The second-order valence-electron chi connectivity index (χ2n) is 16.8. The molecular weight excluding hydrogens is 761 g/mol. The molecule has 0 fully saturated rings. The number of hydrogen-bond donors (Lipinski definition) is 0. The number of para-hydroxylation sites is 2. The van der Waals surface area contributed by atoms with Crippen molar-refractivity contribution in [2.75, 3.05) is 0 Å². The van der Waals surface area contributed by atoms with Crippen LogP contribution in [0.3, 0.4) is 0 Å². The standard InChI is InChI=1S/C61H40N2/c1-5-17-41(18-6-1)42-29-33-48(34-30-42)62-56-28-16-14-25-49(56)52-39-43(31-37-57(52)62)44-32-38-58-53(40-44)50-35-36-55-59(60(50)63(58)47-23-11-4-12-24-47)51-26-13-15-27-54(51)61(55,45-19-7-2-8-20-45)46-21-9-3-10-22-46/h1-40H. The monoisotopic (exact) mass is 800 g/mol. The van der Waals surface area contributed by atoms with E-state index in [1.54, 1.807) is 0 Å². The van der Waals surface area contributed by atoms with E-state index in [1.165, 1.54) is 99.2 Å². The largest absolute Gasteiger partial charge is 0.309 e. The van der Waals surface area contributed by atoms with Crippen molar-refractivity contribution in [3.63, 3.8) is 0 Å². The Bertz CT molecular complexity index is 3650. The lowest BCUT2D eigenvalue weighted by molar-refractivity contribution is 0.769. The van der Waals surface area contributed by atoms with E-state index in [9.17, 15) is 0 Å². The van der Waals surface area contributed by atoms with Crippen molar-refractivity contribution < 1.29 is 0 Å². The maximum atomic E-state index is 2.51. The summed E-state index contributed by atoms with van der Waals surface area (Å²) >= 11 is 0. The van der Waals surface area contributed by atoms with Gasteiger partial charge >= 0.3 is 0 Å². The van der Waals surface area contributed by atoms with Gasteiger partial charge in [-0.2, -0.15) is 0 Å². The quantitative estimate of drug-likeness (QED) is 0.159. The van der Waals surface area contributed by atoms with E-state index in [0.29, 0.717) is 0 Å². The molecule has 0 aliphatic heterocycles. The third-order valence-corrected chi connectivity index (χ3v) is 13.6. The molecular formula is C61H40N2. The average molecular weight is 801 g/mol. The van der Waals surface area contributed by atoms with Gasteiger partial charge < -0.3 is 9.13 Å². The maximum absolute atomic E-state index is 2.51. The van der Waals surface area contributed by atoms with Gasteiger partial charge in [-0.1, -0.05) is 188 Å². The molecule has 12 aromatic rings. The second-order valence-corrected chi connectivity index (χ2v) is 16.8. The third-order valence-electron chi connectivity index (χ3n) is 13.6. The maximum Gasteiger partial charge on any atom is 0.0714 e. The first kappa shape index (κ1) is 35.5. The molecule has 2 nitrogen and oxygen atoms in total. The zero-order valence-electron chi connectivity index (χ0n) is 34.5. The van der Waals surface area contributed by atoms with Gasteiger partial charge in [0.05, 0.1) is 27.5 Å².